The summed E-state index contributed by atoms with van der Waals surface area (Å²) < 4.78 is 38.6. The number of hydrogen-bond acceptors (Lipinski definition) is 5. The van der Waals surface area contributed by atoms with Gasteiger partial charge in [-0.05, 0) is 42.5 Å². The fourth-order valence-corrected chi connectivity index (χ4v) is 2.53. The number of rotatable bonds is 5. The van der Waals surface area contributed by atoms with E-state index in [0.717, 1.165) is 12.1 Å². The van der Waals surface area contributed by atoms with E-state index in [9.17, 15) is 18.0 Å². The maximum absolute atomic E-state index is 12.9. The molecule has 1 heterocycles. The predicted molar refractivity (Wildman–Crippen MR) is 106 cm³/mol. The molecule has 0 radical (unpaired) electrons. The lowest BCUT2D eigenvalue weighted by Crippen LogP contribution is -2.06. The fourth-order valence-electron chi connectivity index (χ4n) is 2.39. The second-order valence-corrected chi connectivity index (χ2v) is 6.38. The van der Waals surface area contributed by atoms with E-state index in [2.05, 4.69) is 25.9 Å². The normalized spacial score (nSPS) is 11.1. The Bertz CT molecular complexity index is 1030. The van der Waals surface area contributed by atoms with Gasteiger partial charge in [0.1, 0.15) is 5.02 Å². The van der Waals surface area contributed by atoms with Gasteiger partial charge in [0.25, 0.3) is 0 Å². The SMILES string of the molecule is CC(=O)Nc1ccc(Nc2ncc(Cl)c(Nc3cccc(C(F)(F)F)c3)n2)cc1. The third kappa shape index (κ3) is 5.58. The van der Waals surface area contributed by atoms with Crippen LogP contribution < -0.4 is 16.0 Å². The Labute approximate surface area is 169 Å². The summed E-state index contributed by atoms with van der Waals surface area (Å²) in [6.07, 6.45) is -3.12. The molecule has 0 spiro atoms. The van der Waals surface area contributed by atoms with E-state index in [1.807, 2.05) is 0 Å². The molecule has 0 unspecified atom stereocenters. The van der Waals surface area contributed by atoms with E-state index in [0.29, 0.717) is 11.4 Å². The largest absolute Gasteiger partial charge is 0.416 e. The van der Waals surface area contributed by atoms with Crippen LogP contribution in [0.3, 0.4) is 0 Å². The first-order valence-electron chi connectivity index (χ1n) is 8.32. The molecule has 0 fully saturated rings. The molecule has 6 nitrogen and oxygen atoms in total. The number of anilines is 5. The lowest BCUT2D eigenvalue weighted by atomic mass is 10.2. The Morgan fingerprint density at radius 3 is 2.34 bits per heavy atom. The van der Waals surface area contributed by atoms with Crippen LogP contribution in [0, 0.1) is 0 Å². The number of amides is 1. The molecule has 0 saturated carbocycles. The smallest absolute Gasteiger partial charge is 0.339 e. The standard InChI is InChI=1S/C19H15ClF3N5O/c1-11(29)25-13-5-7-14(8-6-13)27-18-24-10-16(20)17(28-18)26-15-4-2-3-12(9-15)19(21,22)23/h2-10H,1H3,(H,25,29)(H2,24,26,27,28). The predicted octanol–water partition coefficient (Wildman–Crippen LogP) is 5.59. The Kier molecular flexibility index (Phi) is 5.88. The van der Waals surface area contributed by atoms with Gasteiger partial charge in [-0.2, -0.15) is 18.2 Å². The molecule has 1 aromatic heterocycles. The Hall–Kier alpha value is -3.33. The van der Waals surface area contributed by atoms with E-state index >= 15 is 0 Å². The van der Waals surface area contributed by atoms with Crippen LogP contribution in [0.5, 0.6) is 0 Å². The molecule has 10 heteroatoms. The van der Waals surface area contributed by atoms with Crippen molar-refractivity contribution in [1.29, 1.82) is 0 Å². The summed E-state index contributed by atoms with van der Waals surface area (Å²) in [5.41, 5.74) is 0.676. The number of benzene rings is 2. The fraction of sp³-hybridized carbons (Fsp3) is 0.105. The number of nitrogens with one attached hydrogen (secondary N) is 3. The monoisotopic (exact) mass is 421 g/mol. The van der Waals surface area contributed by atoms with Gasteiger partial charge in [0.15, 0.2) is 5.82 Å². The molecule has 0 saturated heterocycles. The van der Waals surface area contributed by atoms with Gasteiger partial charge < -0.3 is 16.0 Å². The zero-order valence-corrected chi connectivity index (χ0v) is 15.8. The molecule has 3 N–H and O–H groups in total. The average molecular weight is 422 g/mol. The molecule has 0 atom stereocenters. The summed E-state index contributed by atoms with van der Waals surface area (Å²) >= 11 is 6.07. The lowest BCUT2D eigenvalue weighted by Gasteiger charge is -2.12. The highest BCUT2D eigenvalue weighted by Gasteiger charge is 2.30. The first-order chi connectivity index (χ1) is 13.7. The maximum atomic E-state index is 12.9. The summed E-state index contributed by atoms with van der Waals surface area (Å²) in [5.74, 6) is 0.159. The first-order valence-corrected chi connectivity index (χ1v) is 8.70. The zero-order chi connectivity index (χ0) is 21.0. The van der Waals surface area contributed by atoms with Crippen LogP contribution in [0.2, 0.25) is 5.02 Å². The van der Waals surface area contributed by atoms with Crippen LogP contribution in [0.25, 0.3) is 0 Å². The van der Waals surface area contributed by atoms with Crippen molar-refractivity contribution in [2.45, 2.75) is 13.1 Å². The minimum absolute atomic E-state index is 0.147. The van der Waals surface area contributed by atoms with Gasteiger partial charge in [0.05, 0.1) is 11.8 Å². The third-order valence-electron chi connectivity index (χ3n) is 3.66. The molecule has 2 aromatic carbocycles. The topological polar surface area (TPSA) is 78.9 Å². The van der Waals surface area contributed by atoms with Gasteiger partial charge in [0.2, 0.25) is 11.9 Å². The van der Waals surface area contributed by atoms with Crippen molar-refractivity contribution >= 4 is 46.3 Å². The van der Waals surface area contributed by atoms with Crippen molar-refractivity contribution in [1.82, 2.24) is 9.97 Å². The van der Waals surface area contributed by atoms with Crippen LogP contribution in [-0.2, 0) is 11.0 Å². The number of aromatic nitrogens is 2. The van der Waals surface area contributed by atoms with E-state index in [1.54, 1.807) is 24.3 Å². The first kappa shape index (κ1) is 20.4. The zero-order valence-electron chi connectivity index (χ0n) is 15.0. The van der Waals surface area contributed by atoms with Crippen molar-refractivity contribution < 1.29 is 18.0 Å². The second kappa shape index (κ2) is 8.36. The summed E-state index contributed by atoms with van der Waals surface area (Å²) in [6, 6.07) is 11.5. The molecule has 3 aromatic rings. The summed E-state index contributed by atoms with van der Waals surface area (Å²) in [6.45, 7) is 1.41. The third-order valence-corrected chi connectivity index (χ3v) is 3.93. The molecule has 150 valence electrons. The molecule has 0 aliphatic heterocycles. The van der Waals surface area contributed by atoms with Crippen molar-refractivity contribution in [2.75, 3.05) is 16.0 Å². The Morgan fingerprint density at radius 1 is 1.00 bits per heavy atom. The number of carbonyl (C=O) groups is 1. The molecule has 1 amide bonds. The summed E-state index contributed by atoms with van der Waals surface area (Å²) in [5, 5.41) is 8.53. The van der Waals surface area contributed by atoms with Crippen molar-refractivity contribution in [2.24, 2.45) is 0 Å². The van der Waals surface area contributed by atoms with E-state index < -0.39 is 11.7 Å². The Balaban J connectivity index is 1.77. The van der Waals surface area contributed by atoms with Crippen LogP contribution in [0.4, 0.5) is 42.0 Å². The summed E-state index contributed by atoms with van der Waals surface area (Å²) in [7, 11) is 0. The Morgan fingerprint density at radius 2 is 1.69 bits per heavy atom. The van der Waals surface area contributed by atoms with Crippen LogP contribution in [-0.4, -0.2) is 15.9 Å². The number of halogens is 4. The highest BCUT2D eigenvalue weighted by Crippen LogP contribution is 2.32. The van der Waals surface area contributed by atoms with Gasteiger partial charge in [0, 0.05) is 24.0 Å². The van der Waals surface area contributed by atoms with Crippen molar-refractivity contribution in [3.05, 3.63) is 65.3 Å². The molecular formula is C19H15ClF3N5O. The van der Waals surface area contributed by atoms with E-state index in [1.165, 1.54) is 25.3 Å². The number of alkyl halides is 3. The molecular weight excluding hydrogens is 407 g/mol. The number of hydrogen-bond donors (Lipinski definition) is 3. The minimum Gasteiger partial charge on any atom is -0.339 e. The minimum atomic E-state index is -4.46. The van der Waals surface area contributed by atoms with Crippen LogP contribution >= 0.6 is 11.6 Å². The van der Waals surface area contributed by atoms with Crippen molar-refractivity contribution in [3.63, 3.8) is 0 Å². The molecule has 0 bridgehead atoms. The number of carbonyl (C=O) groups excluding carboxylic acids is 1. The van der Waals surface area contributed by atoms with Crippen LogP contribution in [0.15, 0.2) is 54.7 Å². The highest BCUT2D eigenvalue weighted by molar-refractivity contribution is 6.32. The number of nitrogens with zero attached hydrogens (tertiary/aromatic N) is 2. The van der Waals surface area contributed by atoms with Gasteiger partial charge >= 0.3 is 6.18 Å². The molecule has 3 rings (SSSR count). The molecule has 0 aliphatic carbocycles. The van der Waals surface area contributed by atoms with E-state index in [-0.39, 0.29) is 28.4 Å². The van der Waals surface area contributed by atoms with Crippen LogP contribution in [0.1, 0.15) is 12.5 Å². The second-order valence-electron chi connectivity index (χ2n) is 5.98. The molecule has 29 heavy (non-hydrogen) atoms. The van der Waals surface area contributed by atoms with Gasteiger partial charge in [-0.15, -0.1) is 0 Å². The van der Waals surface area contributed by atoms with Crippen molar-refractivity contribution in [3.8, 4) is 0 Å². The summed E-state index contributed by atoms with van der Waals surface area (Å²) in [4.78, 5) is 19.3. The quantitative estimate of drug-likeness (QED) is 0.500. The van der Waals surface area contributed by atoms with Gasteiger partial charge in [-0.1, -0.05) is 17.7 Å². The van der Waals surface area contributed by atoms with E-state index in [4.69, 9.17) is 11.6 Å². The lowest BCUT2D eigenvalue weighted by molar-refractivity contribution is -0.137. The molecule has 0 aliphatic rings. The maximum Gasteiger partial charge on any atom is 0.416 e. The average Bonchev–Trinajstić information content (AvgIpc) is 2.65. The highest BCUT2D eigenvalue weighted by atomic mass is 35.5. The van der Waals surface area contributed by atoms with Gasteiger partial charge in [-0.3, -0.25) is 4.79 Å². The van der Waals surface area contributed by atoms with Gasteiger partial charge in [-0.25, -0.2) is 4.98 Å².